The maximum Gasteiger partial charge on any atom is 0.244 e. The predicted molar refractivity (Wildman–Crippen MR) is 68.5 cm³/mol. The van der Waals surface area contributed by atoms with Crippen molar-refractivity contribution in [3.05, 3.63) is 18.5 Å². The molecule has 1 fully saturated rings. The molecular weight excluding hydrogens is 286 g/mol. The maximum absolute atomic E-state index is 12.2. The van der Waals surface area contributed by atoms with E-state index in [9.17, 15) is 18.0 Å². The van der Waals surface area contributed by atoms with Crippen molar-refractivity contribution < 1.29 is 18.0 Å². The smallest absolute Gasteiger partial charge is 0.244 e. The van der Waals surface area contributed by atoms with E-state index in [1.165, 1.54) is 12.3 Å². The molecule has 9 nitrogen and oxygen atoms in total. The van der Waals surface area contributed by atoms with E-state index in [1.54, 1.807) is 0 Å². The Morgan fingerprint density at radius 3 is 2.80 bits per heavy atom. The van der Waals surface area contributed by atoms with Gasteiger partial charge in [0.1, 0.15) is 10.9 Å². The second-order valence-electron chi connectivity index (χ2n) is 4.14. The van der Waals surface area contributed by atoms with E-state index in [-0.39, 0.29) is 23.4 Å². The molecule has 5 N–H and O–H groups in total. The minimum atomic E-state index is -3.98. The van der Waals surface area contributed by atoms with Crippen molar-refractivity contribution >= 4 is 27.5 Å². The Morgan fingerprint density at radius 2 is 2.15 bits per heavy atom. The van der Waals surface area contributed by atoms with Crippen molar-refractivity contribution in [2.45, 2.75) is 23.8 Å². The van der Waals surface area contributed by atoms with Crippen LogP contribution >= 0.6 is 0 Å². The number of piperidine rings is 1. The Balaban J connectivity index is 2.23. The van der Waals surface area contributed by atoms with Crippen LogP contribution in [0.3, 0.4) is 0 Å². The number of anilines is 1. The number of aromatic nitrogens is 1. The number of carbonyl (C=O) groups excluding carboxylic acids is 2. The van der Waals surface area contributed by atoms with Gasteiger partial charge in [0.2, 0.25) is 21.8 Å². The van der Waals surface area contributed by atoms with Crippen molar-refractivity contribution in [3.63, 3.8) is 0 Å². The Labute approximate surface area is 115 Å². The number of nitrogens with two attached hydrogens (primary N) is 1. The van der Waals surface area contributed by atoms with Crippen LogP contribution in [0.1, 0.15) is 12.8 Å². The second kappa shape index (κ2) is 5.53. The summed E-state index contributed by atoms with van der Waals surface area (Å²) in [6.45, 7) is 0. The van der Waals surface area contributed by atoms with E-state index in [0.717, 1.165) is 6.20 Å². The molecule has 1 aliphatic rings. The molecule has 1 saturated heterocycles. The number of pyridine rings is 1. The van der Waals surface area contributed by atoms with Crippen LogP contribution in [0, 0.1) is 0 Å². The second-order valence-corrected chi connectivity index (χ2v) is 5.82. The molecule has 10 heteroatoms. The molecule has 1 aromatic heterocycles. The topological polar surface area (TPSA) is 143 Å². The highest BCUT2D eigenvalue weighted by Gasteiger charge is 2.31. The number of rotatable bonds is 4. The standard InChI is InChI=1S/C10H13N5O4S/c11-14-6-3-4-12-5-8(6)20(18,19)15-7-1-2-9(16)13-10(7)17/h3-5,7,15H,1-2,11H2,(H,12,14)(H,13,16,17). The van der Waals surface area contributed by atoms with Gasteiger partial charge in [-0.05, 0) is 12.5 Å². The van der Waals surface area contributed by atoms with Crippen LogP contribution in [0.25, 0.3) is 0 Å². The number of hydrogen-bond donors (Lipinski definition) is 4. The van der Waals surface area contributed by atoms with E-state index in [4.69, 9.17) is 5.84 Å². The summed E-state index contributed by atoms with van der Waals surface area (Å²) in [4.78, 5) is 26.1. The van der Waals surface area contributed by atoms with Crippen LogP contribution in [0.5, 0.6) is 0 Å². The summed E-state index contributed by atoms with van der Waals surface area (Å²) < 4.78 is 26.6. The monoisotopic (exact) mass is 299 g/mol. The quantitative estimate of drug-likeness (QED) is 0.299. The lowest BCUT2D eigenvalue weighted by molar-refractivity contribution is -0.134. The number of hydrazine groups is 1. The zero-order valence-electron chi connectivity index (χ0n) is 10.3. The molecular formula is C10H13N5O4S. The van der Waals surface area contributed by atoms with Gasteiger partial charge in [-0.15, -0.1) is 0 Å². The largest absolute Gasteiger partial charge is 0.323 e. The first-order valence-electron chi connectivity index (χ1n) is 5.70. The lowest BCUT2D eigenvalue weighted by Gasteiger charge is -2.22. The van der Waals surface area contributed by atoms with Crippen molar-refractivity contribution in [3.8, 4) is 0 Å². The predicted octanol–water partition coefficient (Wildman–Crippen LogP) is -1.55. The first kappa shape index (κ1) is 14.4. The lowest BCUT2D eigenvalue weighted by Crippen LogP contribution is -2.52. The van der Waals surface area contributed by atoms with E-state index >= 15 is 0 Å². The summed E-state index contributed by atoms with van der Waals surface area (Å²) in [5.74, 6) is 4.14. The van der Waals surface area contributed by atoms with Crippen LogP contribution in [0.15, 0.2) is 23.4 Å². The molecule has 0 radical (unpaired) electrons. The highest BCUT2D eigenvalue weighted by atomic mass is 32.2. The van der Waals surface area contributed by atoms with Gasteiger partial charge in [-0.1, -0.05) is 0 Å². The number of nitrogen functional groups attached to an aromatic ring is 1. The summed E-state index contributed by atoms with van der Waals surface area (Å²) in [6, 6.07) is 0.391. The van der Waals surface area contributed by atoms with Gasteiger partial charge < -0.3 is 5.43 Å². The summed E-state index contributed by atoms with van der Waals surface area (Å²) in [7, 11) is -3.98. The van der Waals surface area contributed by atoms with Crippen LogP contribution in [0.2, 0.25) is 0 Å². The Hall–Kier alpha value is -2.04. The molecule has 108 valence electrons. The molecule has 2 heterocycles. The van der Waals surface area contributed by atoms with Crippen molar-refractivity contribution in [1.29, 1.82) is 0 Å². The van der Waals surface area contributed by atoms with Gasteiger partial charge in [-0.25, -0.2) is 8.42 Å². The molecule has 0 aromatic carbocycles. The van der Waals surface area contributed by atoms with Crippen LogP contribution < -0.4 is 21.3 Å². The van der Waals surface area contributed by atoms with Gasteiger partial charge in [0.05, 0.1) is 5.69 Å². The summed E-state index contributed by atoms with van der Waals surface area (Å²) in [5, 5.41) is 2.07. The normalized spacial score (nSPS) is 19.6. The fourth-order valence-corrected chi connectivity index (χ4v) is 3.11. The maximum atomic E-state index is 12.2. The minimum absolute atomic E-state index is 0.0773. The average Bonchev–Trinajstić information content (AvgIpc) is 2.42. The fourth-order valence-electron chi connectivity index (χ4n) is 1.77. The first-order chi connectivity index (χ1) is 9.44. The van der Waals surface area contributed by atoms with Crippen LogP contribution in [-0.4, -0.2) is 31.3 Å². The number of amides is 2. The number of sulfonamides is 1. The number of carbonyl (C=O) groups is 2. The third-order valence-corrected chi connectivity index (χ3v) is 4.27. The van der Waals surface area contributed by atoms with Gasteiger partial charge in [-0.3, -0.25) is 25.7 Å². The molecule has 0 bridgehead atoms. The number of nitrogens with one attached hydrogen (secondary N) is 3. The Bertz CT molecular complexity index is 645. The third kappa shape index (κ3) is 2.92. The number of hydrogen-bond acceptors (Lipinski definition) is 7. The van der Waals surface area contributed by atoms with Gasteiger partial charge in [0.25, 0.3) is 0 Å². The van der Waals surface area contributed by atoms with Gasteiger partial charge >= 0.3 is 0 Å². The summed E-state index contributed by atoms with van der Waals surface area (Å²) in [5.41, 5.74) is 2.40. The Kier molecular flexibility index (Phi) is 3.97. The zero-order valence-corrected chi connectivity index (χ0v) is 11.1. The first-order valence-corrected chi connectivity index (χ1v) is 7.19. The number of nitrogens with zero attached hydrogens (tertiary/aromatic N) is 1. The molecule has 1 aliphatic heterocycles. The van der Waals surface area contributed by atoms with E-state index in [1.807, 2.05) is 0 Å². The third-order valence-electron chi connectivity index (χ3n) is 2.77. The van der Waals surface area contributed by atoms with Crippen molar-refractivity contribution in [1.82, 2.24) is 15.0 Å². The zero-order chi connectivity index (χ0) is 14.8. The molecule has 2 amide bonds. The molecule has 0 saturated carbocycles. The minimum Gasteiger partial charge on any atom is -0.323 e. The van der Waals surface area contributed by atoms with Crippen LogP contribution in [-0.2, 0) is 19.6 Å². The molecule has 20 heavy (non-hydrogen) atoms. The summed E-state index contributed by atoms with van der Waals surface area (Å²) in [6.07, 6.45) is 2.67. The lowest BCUT2D eigenvalue weighted by atomic mass is 10.1. The van der Waals surface area contributed by atoms with E-state index in [0.29, 0.717) is 0 Å². The SMILES string of the molecule is NNc1ccncc1S(=O)(=O)NC1CCC(=O)NC1=O. The van der Waals surface area contributed by atoms with Crippen molar-refractivity contribution in [2.24, 2.45) is 5.84 Å². The van der Waals surface area contributed by atoms with Crippen LogP contribution in [0.4, 0.5) is 5.69 Å². The summed E-state index contributed by atoms with van der Waals surface area (Å²) >= 11 is 0. The van der Waals surface area contributed by atoms with Crippen molar-refractivity contribution in [2.75, 3.05) is 5.43 Å². The molecule has 1 unspecified atom stereocenters. The van der Waals surface area contributed by atoms with E-state index < -0.39 is 27.9 Å². The fraction of sp³-hybridized carbons (Fsp3) is 0.300. The van der Waals surface area contributed by atoms with E-state index in [2.05, 4.69) is 20.4 Å². The van der Waals surface area contributed by atoms with Gasteiger partial charge in [-0.2, -0.15) is 4.72 Å². The average molecular weight is 299 g/mol. The van der Waals surface area contributed by atoms with Gasteiger partial charge in [0, 0.05) is 18.8 Å². The molecule has 1 atom stereocenters. The molecule has 2 rings (SSSR count). The highest BCUT2D eigenvalue weighted by Crippen LogP contribution is 2.19. The number of imide groups is 1. The molecule has 0 spiro atoms. The van der Waals surface area contributed by atoms with Gasteiger partial charge in [0.15, 0.2) is 0 Å². The molecule has 1 aromatic rings. The highest BCUT2D eigenvalue weighted by molar-refractivity contribution is 7.89. The molecule has 0 aliphatic carbocycles. The Morgan fingerprint density at radius 1 is 1.40 bits per heavy atom.